The lowest BCUT2D eigenvalue weighted by molar-refractivity contribution is 0.210. The number of benzene rings is 1. The highest BCUT2D eigenvalue weighted by atomic mass is 16.5. The van der Waals surface area contributed by atoms with Gasteiger partial charge in [0, 0.05) is 17.5 Å². The molecule has 0 radical (unpaired) electrons. The van der Waals surface area contributed by atoms with Crippen LogP contribution in [0.2, 0.25) is 0 Å². The fourth-order valence-corrected chi connectivity index (χ4v) is 4.11. The molecule has 1 fully saturated rings. The summed E-state index contributed by atoms with van der Waals surface area (Å²) in [7, 11) is 0. The van der Waals surface area contributed by atoms with Crippen molar-refractivity contribution in [3.63, 3.8) is 0 Å². The van der Waals surface area contributed by atoms with Gasteiger partial charge in [0.1, 0.15) is 5.75 Å². The molecular weight excluding hydrogens is 258 g/mol. The predicted octanol–water partition coefficient (Wildman–Crippen LogP) is 4.40. The van der Waals surface area contributed by atoms with Gasteiger partial charge < -0.3 is 10.5 Å². The largest absolute Gasteiger partial charge is 0.493 e. The third-order valence-electron chi connectivity index (χ3n) is 5.59. The van der Waals surface area contributed by atoms with Crippen LogP contribution in [0.3, 0.4) is 0 Å². The molecule has 2 unspecified atom stereocenters. The normalized spacial score (nSPS) is 29.6. The maximum Gasteiger partial charge on any atom is 0.127 e. The number of ether oxygens (including phenoxy) is 1. The minimum Gasteiger partial charge on any atom is -0.493 e. The summed E-state index contributed by atoms with van der Waals surface area (Å²) >= 11 is 0. The average Bonchev–Trinajstić information content (AvgIpc) is 2.80. The molecule has 1 heterocycles. The van der Waals surface area contributed by atoms with E-state index in [0.29, 0.717) is 5.41 Å². The fraction of sp³-hybridized carbons (Fsp3) is 0.684. The van der Waals surface area contributed by atoms with Crippen LogP contribution < -0.4 is 10.5 Å². The molecule has 2 nitrogen and oxygen atoms in total. The van der Waals surface area contributed by atoms with Crippen molar-refractivity contribution >= 4 is 0 Å². The van der Waals surface area contributed by atoms with E-state index in [2.05, 4.69) is 39.0 Å². The molecule has 0 spiro atoms. The molecule has 2 aliphatic rings. The molecule has 0 saturated heterocycles. The Morgan fingerprint density at radius 2 is 2.00 bits per heavy atom. The van der Waals surface area contributed by atoms with Crippen molar-refractivity contribution in [2.24, 2.45) is 17.1 Å². The molecule has 21 heavy (non-hydrogen) atoms. The Morgan fingerprint density at radius 1 is 1.19 bits per heavy atom. The van der Waals surface area contributed by atoms with Gasteiger partial charge in [0.05, 0.1) is 6.61 Å². The molecule has 1 aromatic rings. The van der Waals surface area contributed by atoms with E-state index in [-0.39, 0.29) is 5.54 Å². The van der Waals surface area contributed by atoms with E-state index in [4.69, 9.17) is 10.5 Å². The molecule has 116 valence electrons. The van der Waals surface area contributed by atoms with Crippen molar-refractivity contribution in [2.75, 3.05) is 6.61 Å². The molecule has 2 heteroatoms. The van der Waals surface area contributed by atoms with E-state index in [1.807, 2.05) is 0 Å². The maximum atomic E-state index is 6.88. The highest BCUT2D eigenvalue weighted by molar-refractivity contribution is 5.47. The van der Waals surface area contributed by atoms with Crippen LogP contribution in [0.25, 0.3) is 0 Å². The van der Waals surface area contributed by atoms with Gasteiger partial charge in [-0.05, 0) is 42.6 Å². The van der Waals surface area contributed by atoms with Gasteiger partial charge in [0.25, 0.3) is 0 Å². The smallest absolute Gasteiger partial charge is 0.127 e. The predicted molar refractivity (Wildman–Crippen MR) is 87.5 cm³/mol. The Labute approximate surface area is 129 Å². The van der Waals surface area contributed by atoms with E-state index in [1.165, 1.54) is 30.4 Å². The van der Waals surface area contributed by atoms with Crippen molar-refractivity contribution in [1.82, 2.24) is 0 Å². The first-order chi connectivity index (χ1) is 9.90. The van der Waals surface area contributed by atoms with Crippen LogP contribution in [0.5, 0.6) is 5.75 Å². The van der Waals surface area contributed by atoms with E-state index in [9.17, 15) is 0 Å². The van der Waals surface area contributed by atoms with Crippen molar-refractivity contribution in [1.29, 1.82) is 0 Å². The molecule has 2 atom stereocenters. The third kappa shape index (κ3) is 2.83. The minimum absolute atomic E-state index is 0.199. The molecule has 2 N–H and O–H groups in total. The lowest BCUT2D eigenvalue weighted by atomic mass is 9.75. The zero-order valence-electron chi connectivity index (χ0n) is 13.7. The zero-order chi connectivity index (χ0) is 15.1. The van der Waals surface area contributed by atoms with Crippen molar-refractivity contribution in [3.8, 4) is 5.75 Å². The Morgan fingerprint density at radius 3 is 2.76 bits per heavy atom. The van der Waals surface area contributed by atoms with Crippen LogP contribution >= 0.6 is 0 Å². The van der Waals surface area contributed by atoms with E-state index in [1.54, 1.807) is 0 Å². The van der Waals surface area contributed by atoms with E-state index < -0.39 is 0 Å². The van der Waals surface area contributed by atoms with Crippen molar-refractivity contribution < 1.29 is 4.74 Å². The van der Waals surface area contributed by atoms with Gasteiger partial charge in [-0.3, -0.25) is 0 Å². The van der Waals surface area contributed by atoms with Crippen molar-refractivity contribution in [2.45, 2.75) is 64.8 Å². The summed E-state index contributed by atoms with van der Waals surface area (Å²) in [5.74, 6) is 1.87. The fourth-order valence-electron chi connectivity index (χ4n) is 4.11. The van der Waals surface area contributed by atoms with Gasteiger partial charge in [-0.25, -0.2) is 0 Å². The molecule has 3 rings (SSSR count). The molecule has 0 aromatic heterocycles. The standard InChI is InChI=1S/C19H29NO/c1-18(2,3)15-7-5-11-19(20,12-9-15)16-8-4-6-14-10-13-21-17(14)16/h4,6,8,15H,5,7,9-13,20H2,1-3H3. The molecule has 1 aliphatic heterocycles. The molecule has 0 amide bonds. The monoisotopic (exact) mass is 287 g/mol. The number of hydrogen-bond donors (Lipinski definition) is 1. The van der Waals surface area contributed by atoms with Gasteiger partial charge in [-0.15, -0.1) is 0 Å². The third-order valence-corrected chi connectivity index (χ3v) is 5.59. The van der Waals surface area contributed by atoms with E-state index >= 15 is 0 Å². The Bertz CT molecular complexity index is 517. The second-order valence-electron chi connectivity index (χ2n) is 8.04. The second kappa shape index (κ2) is 5.31. The van der Waals surface area contributed by atoms with Crippen LogP contribution in [0, 0.1) is 11.3 Å². The first kappa shape index (κ1) is 14.9. The number of fused-ring (bicyclic) bond motifs is 1. The van der Waals surface area contributed by atoms with Crippen LogP contribution in [0.4, 0.5) is 0 Å². The van der Waals surface area contributed by atoms with Crippen LogP contribution in [0.15, 0.2) is 18.2 Å². The second-order valence-corrected chi connectivity index (χ2v) is 8.04. The zero-order valence-corrected chi connectivity index (χ0v) is 13.7. The summed E-state index contributed by atoms with van der Waals surface area (Å²) in [4.78, 5) is 0. The summed E-state index contributed by atoms with van der Waals surface area (Å²) in [5.41, 5.74) is 9.67. The van der Waals surface area contributed by atoms with Gasteiger partial charge in [0.15, 0.2) is 0 Å². The van der Waals surface area contributed by atoms with Gasteiger partial charge >= 0.3 is 0 Å². The van der Waals surface area contributed by atoms with Crippen LogP contribution in [0.1, 0.15) is 64.0 Å². The van der Waals surface area contributed by atoms with Crippen LogP contribution in [-0.2, 0) is 12.0 Å². The SMILES string of the molecule is CC(C)(C)C1CCCC(N)(c2cccc3c2OCC3)CC1. The topological polar surface area (TPSA) is 35.2 Å². The first-order valence-electron chi connectivity index (χ1n) is 8.44. The Hall–Kier alpha value is -1.02. The summed E-state index contributed by atoms with van der Waals surface area (Å²) in [6.45, 7) is 7.91. The number of nitrogens with two attached hydrogens (primary N) is 1. The van der Waals surface area contributed by atoms with Crippen molar-refractivity contribution in [3.05, 3.63) is 29.3 Å². The molecule has 0 bridgehead atoms. The van der Waals surface area contributed by atoms with Gasteiger partial charge in [0.2, 0.25) is 0 Å². The first-order valence-corrected chi connectivity index (χ1v) is 8.44. The lowest BCUT2D eigenvalue weighted by Gasteiger charge is -2.32. The average molecular weight is 287 g/mol. The molecule has 1 aromatic carbocycles. The lowest BCUT2D eigenvalue weighted by Crippen LogP contribution is -2.36. The minimum atomic E-state index is -0.199. The number of para-hydroxylation sites is 1. The summed E-state index contributed by atoms with van der Waals surface area (Å²) in [5, 5.41) is 0. The summed E-state index contributed by atoms with van der Waals surface area (Å²) in [6.07, 6.45) is 6.95. The molecule has 1 saturated carbocycles. The van der Waals surface area contributed by atoms with Gasteiger partial charge in [-0.2, -0.15) is 0 Å². The summed E-state index contributed by atoms with van der Waals surface area (Å²) < 4.78 is 5.90. The molecular formula is C19H29NO. The Balaban J connectivity index is 1.87. The van der Waals surface area contributed by atoms with Crippen LogP contribution in [-0.4, -0.2) is 6.61 Å². The van der Waals surface area contributed by atoms with Gasteiger partial charge in [-0.1, -0.05) is 45.4 Å². The van der Waals surface area contributed by atoms with E-state index in [0.717, 1.165) is 37.5 Å². The highest BCUT2D eigenvalue weighted by Gasteiger charge is 2.37. The number of hydrogen-bond acceptors (Lipinski definition) is 2. The number of rotatable bonds is 1. The molecule has 1 aliphatic carbocycles. The summed E-state index contributed by atoms with van der Waals surface area (Å²) in [6, 6.07) is 6.54. The highest BCUT2D eigenvalue weighted by Crippen LogP contribution is 2.45. The quantitative estimate of drug-likeness (QED) is 0.777. The maximum absolute atomic E-state index is 6.88. The Kier molecular flexibility index (Phi) is 3.77.